The third-order valence-electron chi connectivity index (χ3n) is 5.13. The largest absolute Gasteiger partial charge is 0.481 e. The van der Waals surface area contributed by atoms with Crippen molar-refractivity contribution in [1.29, 1.82) is 0 Å². The highest BCUT2D eigenvalue weighted by atomic mass is 16.4. The SMILES string of the molecule is O=C(O)CC1CC2CCC(C1)N2C(=O)CC1C=CCC1. The summed E-state index contributed by atoms with van der Waals surface area (Å²) in [5, 5.41) is 8.94. The lowest BCUT2D eigenvalue weighted by Crippen LogP contribution is -2.47. The van der Waals surface area contributed by atoms with Crippen molar-refractivity contribution in [2.24, 2.45) is 11.8 Å². The predicted octanol–water partition coefficient (Wildman–Crippen LogP) is 2.59. The molecule has 1 N–H and O–H groups in total. The number of piperidine rings is 1. The molecule has 2 fully saturated rings. The van der Waals surface area contributed by atoms with Gasteiger partial charge in [-0.05, 0) is 50.4 Å². The lowest BCUT2D eigenvalue weighted by Gasteiger charge is -2.39. The molecule has 3 rings (SSSR count). The van der Waals surface area contributed by atoms with Gasteiger partial charge < -0.3 is 10.0 Å². The second-order valence-electron chi connectivity index (χ2n) is 6.59. The van der Waals surface area contributed by atoms with Crippen LogP contribution in [0.1, 0.15) is 51.4 Å². The van der Waals surface area contributed by atoms with E-state index < -0.39 is 5.97 Å². The van der Waals surface area contributed by atoms with E-state index >= 15 is 0 Å². The number of rotatable bonds is 4. The molecule has 3 unspecified atom stereocenters. The molecule has 3 atom stereocenters. The van der Waals surface area contributed by atoms with Gasteiger partial charge in [-0.1, -0.05) is 12.2 Å². The average molecular weight is 277 g/mol. The molecule has 2 saturated heterocycles. The minimum Gasteiger partial charge on any atom is -0.481 e. The van der Waals surface area contributed by atoms with Crippen molar-refractivity contribution >= 4 is 11.9 Å². The molecule has 0 aromatic carbocycles. The Morgan fingerprint density at radius 2 is 1.80 bits per heavy atom. The molecule has 2 heterocycles. The topological polar surface area (TPSA) is 57.6 Å². The summed E-state index contributed by atoms with van der Waals surface area (Å²) in [6, 6.07) is 0.604. The number of amides is 1. The Bertz CT molecular complexity index is 417. The van der Waals surface area contributed by atoms with E-state index in [0.29, 0.717) is 30.3 Å². The molecule has 4 heteroatoms. The Morgan fingerprint density at radius 3 is 2.35 bits per heavy atom. The van der Waals surface area contributed by atoms with Crippen LogP contribution in [0.25, 0.3) is 0 Å². The number of carboxylic acids is 1. The maximum atomic E-state index is 12.5. The van der Waals surface area contributed by atoms with Gasteiger partial charge in [0.25, 0.3) is 0 Å². The van der Waals surface area contributed by atoms with Crippen LogP contribution in [0.15, 0.2) is 12.2 Å². The van der Waals surface area contributed by atoms with Crippen LogP contribution in [0.5, 0.6) is 0 Å². The van der Waals surface area contributed by atoms with Crippen molar-refractivity contribution in [3.63, 3.8) is 0 Å². The van der Waals surface area contributed by atoms with E-state index in [1.807, 2.05) is 0 Å². The molecule has 20 heavy (non-hydrogen) atoms. The molecule has 2 bridgehead atoms. The molecule has 0 aromatic rings. The van der Waals surface area contributed by atoms with Crippen molar-refractivity contribution in [2.75, 3.05) is 0 Å². The average Bonchev–Trinajstić information content (AvgIpc) is 2.95. The van der Waals surface area contributed by atoms with Crippen molar-refractivity contribution in [3.8, 4) is 0 Å². The smallest absolute Gasteiger partial charge is 0.303 e. The molecule has 0 saturated carbocycles. The molecule has 1 aliphatic carbocycles. The van der Waals surface area contributed by atoms with Crippen LogP contribution in [0.3, 0.4) is 0 Å². The predicted molar refractivity (Wildman–Crippen MR) is 75.1 cm³/mol. The Hall–Kier alpha value is -1.32. The zero-order valence-corrected chi connectivity index (χ0v) is 11.8. The van der Waals surface area contributed by atoms with Gasteiger partial charge in [-0.25, -0.2) is 0 Å². The van der Waals surface area contributed by atoms with E-state index in [0.717, 1.165) is 38.5 Å². The summed E-state index contributed by atoms with van der Waals surface area (Å²) in [6.45, 7) is 0. The van der Waals surface area contributed by atoms with E-state index in [4.69, 9.17) is 5.11 Å². The van der Waals surface area contributed by atoms with Gasteiger partial charge in [0.15, 0.2) is 0 Å². The highest BCUT2D eigenvalue weighted by Gasteiger charge is 2.43. The first kappa shape index (κ1) is 13.7. The summed E-state index contributed by atoms with van der Waals surface area (Å²) in [7, 11) is 0. The van der Waals surface area contributed by atoms with E-state index in [1.165, 1.54) is 0 Å². The first-order valence-corrected chi connectivity index (χ1v) is 7.83. The minimum absolute atomic E-state index is 0.264. The van der Waals surface area contributed by atoms with Gasteiger partial charge in [-0.15, -0.1) is 0 Å². The summed E-state index contributed by atoms with van der Waals surface area (Å²) in [4.78, 5) is 25.5. The summed E-state index contributed by atoms with van der Waals surface area (Å²) in [5.74, 6) is 0.284. The molecule has 0 aromatic heterocycles. The fourth-order valence-corrected chi connectivity index (χ4v) is 4.31. The third-order valence-corrected chi connectivity index (χ3v) is 5.13. The lowest BCUT2D eigenvalue weighted by molar-refractivity contribution is -0.140. The zero-order chi connectivity index (χ0) is 14.1. The summed E-state index contributed by atoms with van der Waals surface area (Å²) in [5.41, 5.74) is 0. The Kier molecular flexibility index (Phi) is 3.81. The number of nitrogens with zero attached hydrogens (tertiary/aromatic N) is 1. The lowest BCUT2D eigenvalue weighted by atomic mass is 9.87. The Balaban J connectivity index is 1.60. The third kappa shape index (κ3) is 2.74. The molecule has 2 aliphatic heterocycles. The molecule has 3 aliphatic rings. The van der Waals surface area contributed by atoms with E-state index in [2.05, 4.69) is 17.1 Å². The van der Waals surface area contributed by atoms with Crippen LogP contribution in [0.4, 0.5) is 0 Å². The van der Waals surface area contributed by atoms with E-state index in [1.54, 1.807) is 0 Å². The fourth-order valence-electron chi connectivity index (χ4n) is 4.31. The Morgan fingerprint density at radius 1 is 1.10 bits per heavy atom. The quantitative estimate of drug-likeness (QED) is 0.804. The summed E-state index contributed by atoms with van der Waals surface area (Å²) < 4.78 is 0. The van der Waals surface area contributed by atoms with Crippen molar-refractivity contribution in [1.82, 2.24) is 4.90 Å². The Labute approximate surface area is 119 Å². The number of hydrogen-bond acceptors (Lipinski definition) is 2. The molecule has 1 amide bonds. The summed E-state index contributed by atoms with van der Waals surface area (Å²) >= 11 is 0. The maximum Gasteiger partial charge on any atom is 0.303 e. The number of carboxylic acid groups (broad SMARTS) is 1. The maximum absolute atomic E-state index is 12.5. The van der Waals surface area contributed by atoms with Gasteiger partial charge in [0, 0.05) is 24.9 Å². The number of hydrogen-bond donors (Lipinski definition) is 1. The fraction of sp³-hybridized carbons (Fsp3) is 0.750. The number of carbonyl (C=O) groups excluding carboxylic acids is 1. The first-order valence-electron chi connectivity index (χ1n) is 7.83. The van der Waals surface area contributed by atoms with Crippen LogP contribution in [-0.4, -0.2) is 34.0 Å². The highest BCUT2D eigenvalue weighted by Crippen LogP contribution is 2.40. The number of aliphatic carboxylic acids is 1. The van der Waals surface area contributed by atoms with Crippen molar-refractivity contribution < 1.29 is 14.7 Å². The van der Waals surface area contributed by atoms with Gasteiger partial charge >= 0.3 is 5.97 Å². The van der Waals surface area contributed by atoms with Gasteiger partial charge in [0.05, 0.1) is 0 Å². The first-order chi connectivity index (χ1) is 9.63. The number of carbonyl (C=O) groups is 2. The van der Waals surface area contributed by atoms with Crippen LogP contribution in [0, 0.1) is 11.8 Å². The van der Waals surface area contributed by atoms with Gasteiger partial charge in [-0.2, -0.15) is 0 Å². The molecule has 4 nitrogen and oxygen atoms in total. The number of fused-ring (bicyclic) bond motifs is 2. The van der Waals surface area contributed by atoms with Gasteiger partial charge in [0.2, 0.25) is 5.91 Å². The second kappa shape index (κ2) is 5.58. The zero-order valence-electron chi connectivity index (χ0n) is 11.8. The van der Waals surface area contributed by atoms with Crippen LogP contribution >= 0.6 is 0 Å². The van der Waals surface area contributed by atoms with Gasteiger partial charge in [0.1, 0.15) is 0 Å². The van der Waals surface area contributed by atoms with Crippen LogP contribution in [0.2, 0.25) is 0 Å². The van der Waals surface area contributed by atoms with Gasteiger partial charge in [-0.3, -0.25) is 9.59 Å². The molecule has 0 radical (unpaired) electrons. The minimum atomic E-state index is -0.703. The van der Waals surface area contributed by atoms with Crippen LogP contribution < -0.4 is 0 Å². The standard InChI is InChI=1S/C16H23NO3/c18-15(9-11-3-1-2-4-11)17-13-5-6-14(17)8-12(7-13)10-16(19)20/h1,3,11-14H,2,4-10H2,(H,19,20). The van der Waals surface area contributed by atoms with E-state index in [-0.39, 0.29) is 12.3 Å². The van der Waals surface area contributed by atoms with Crippen molar-refractivity contribution in [3.05, 3.63) is 12.2 Å². The molecule has 110 valence electrons. The number of allylic oxidation sites excluding steroid dienone is 2. The molecular weight excluding hydrogens is 254 g/mol. The van der Waals surface area contributed by atoms with E-state index in [9.17, 15) is 9.59 Å². The normalized spacial score (nSPS) is 35.5. The molecular formula is C16H23NO3. The van der Waals surface area contributed by atoms with Crippen molar-refractivity contribution in [2.45, 2.75) is 63.5 Å². The highest BCUT2D eigenvalue weighted by molar-refractivity contribution is 5.78. The monoisotopic (exact) mass is 277 g/mol. The molecule has 0 spiro atoms. The summed E-state index contributed by atoms with van der Waals surface area (Å²) in [6.07, 6.45) is 11.4. The second-order valence-corrected chi connectivity index (χ2v) is 6.59. The van der Waals surface area contributed by atoms with Crippen LogP contribution in [-0.2, 0) is 9.59 Å².